The van der Waals surface area contributed by atoms with E-state index in [9.17, 15) is 14.4 Å². The van der Waals surface area contributed by atoms with E-state index in [-0.39, 0.29) is 5.69 Å². The average Bonchev–Trinajstić information content (AvgIpc) is 3.12. The van der Waals surface area contributed by atoms with E-state index < -0.39 is 17.7 Å². The Labute approximate surface area is 215 Å². The number of nitrogens with zero attached hydrogens (tertiary/aromatic N) is 1. The van der Waals surface area contributed by atoms with Crippen LogP contribution in [0.5, 0.6) is 0 Å². The first-order chi connectivity index (χ1) is 16.6. The van der Waals surface area contributed by atoms with Crippen molar-refractivity contribution in [2.75, 3.05) is 16.1 Å². The maximum Gasteiger partial charge on any atom is 0.328 e. The number of rotatable bonds is 4. The van der Waals surface area contributed by atoms with Gasteiger partial charge in [0.05, 0.1) is 5.52 Å². The molecule has 0 unspecified atom stereocenters. The van der Waals surface area contributed by atoms with E-state index in [1.807, 2.05) is 32.0 Å². The highest BCUT2D eigenvalue weighted by molar-refractivity contribution is 6.42. The second kappa shape index (κ2) is 10.00. The first-order valence-corrected chi connectivity index (χ1v) is 11.5. The van der Waals surface area contributed by atoms with Crippen molar-refractivity contribution < 1.29 is 14.4 Å². The minimum atomic E-state index is -0.958. The van der Waals surface area contributed by atoms with Crippen LogP contribution in [0.25, 0.3) is 10.9 Å². The van der Waals surface area contributed by atoms with Crippen LogP contribution in [0.15, 0.2) is 60.7 Å². The second-order valence-electron chi connectivity index (χ2n) is 7.84. The number of anilines is 2. The Morgan fingerprint density at radius 1 is 0.743 bits per heavy atom. The van der Waals surface area contributed by atoms with Crippen molar-refractivity contribution in [1.29, 1.82) is 0 Å². The van der Waals surface area contributed by atoms with Gasteiger partial charge in [0.1, 0.15) is 5.69 Å². The molecule has 10 heteroatoms. The van der Waals surface area contributed by atoms with Gasteiger partial charge in [0.25, 0.3) is 5.91 Å². The van der Waals surface area contributed by atoms with Crippen molar-refractivity contribution in [3.05, 3.63) is 92.6 Å². The molecule has 3 N–H and O–H groups in total. The van der Waals surface area contributed by atoms with Gasteiger partial charge >= 0.3 is 11.8 Å². The fraction of sp³-hybridized carbons (Fsp3) is 0.0800. The van der Waals surface area contributed by atoms with Crippen molar-refractivity contribution in [3.63, 3.8) is 0 Å². The van der Waals surface area contributed by atoms with E-state index in [1.54, 1.807) is 24.3 Å². The summed E-state index contributed by atoms with van der Waals surface area (Å²) in [6.07, 6.45) is 0. The summed E-state index contributed by atoms with van der Waals surface area (Å²) in [6, 6.07) is 16.5. The Kier molecular flexibility index (Phi) is 7.03. The SMILES string of the molecule is Cc1cccc(C)c1NC(=O)C(=O)Nn1c(C(=O)Nc2cc(Cl)cc(Cl)c2)cc2cc(Cl)ccc21. The Morgan fingerprint density at radius 3 is 2.06 bits per heavy atom. The van der Waals surface area contributed by atoms with Crippen LogP contribution in [0.4, 0.5) is 11.4 Å². The van der Waals surface area contributed by atoms with Gasteiger partial charge in [-0.2, -0.15) is 0 Å². The number of nitrogens with one attached hydrogen (secondary N) is 3. The van der Waals surface area contributed by atoms with Gasteiger partial charge in [0, 0.05) is 31.8 Å². The van der Waals surface area contributed by atoms with Crippen LogP contribution in [-0.4, -0.2) is 22.4 Å². The molecule has 0 atom stereocenters. The number of amides is 3. The van der Waals surface area contributed by atoms with E-state index in [4.69, 9.17) is 34.8 Å². The molecule has 0 saturated heterocycles. The third-order valence-corrected chi connectivity index (χ3v) is 5.93. The summed E-state index contributed by atoms with van der Waals surface area (Å²) >= 11 is 18.2. The molecule has 4 aromatic rings. The fourth-order valence-electron chi connectivity index (χ4n) is 3.63. The zero-order valence-electron chi connectivity index (χ0n) is 18.6. The van der Waals surface area contributed by atoms with Gasteiger partial charge in [0.15, 0.2) is 0 Å². The van der Waals surface area contributed by atoms with Crippen LogP contribution >= 0.6 is 34.8 Å². The number of halogens is 3. The third kappa shape index (κ3) is 5.43. The highest BCUT2D eigenvalue weighted by Gasteiger charge is 2.22. The Morgan fingerprint density at radius 2 is 1.40 bits per heavy atom. The van der Waals surface area contributed by atoms with Gasteiger partial charge < -0.3 is 10.6 Å². The standard InChI is InChI=1S/C25H19Cl3N4O3/c1-13-4-3-5-14(2)22(13)30-24(34)25(35)31-32-20-7-6-16(26)8-15(20)9-21(32)23(33)29-19-11-17(27)10-18(28)12-19/h3-12H,1-2H3,(H,29,33)(H,30,34)(H,31,35). The number of fused-ring (bicyclic) bond motifs is 1. The number of aryl methyl sites for hydroxylation is 2. The maximum absolute atomic E-state index is 13.1. The minimum Gasteiger partial charge on any atom is -0.321 e. The molecule has 1 aromatic heterocycles. The van der Waals surface area contributed by atoms with Crippen molar-refractivity contribution in [1.82, 2.24) is 4.68 Å². The van der Waals surface area contributed by atoms with Crippen LogP contribution in [0.1, 0.15) is 21.6 Å². The molecule has 0 bridgehead atoms. The van der Waals surface area contributed by atoms with Gasteiger partial charge in [-0.3, -0.25) is 19.8 Å². The molecule has 0 aliphatic rings. The van der Waals surface area contributed by atoms with Crippen LogP contribution in [0, 0.1) is 13.8 Å². The quantitative estimate of drug-likeness (QED) is 0.276. The van der Waals surface area contributed by atoms with Crippen LogP contribution in [-0.2, 0) is 9.59 Å². The normalized spacial score (nSPS) is 10.8. The van der Waals surface area contributed by atoms with E-state index in [0.717, 1.165) is 11.1 Å². The third-order valence-electron chi connectivity index (χ3n) is 5.26. The zero-order valence-corrected chi connectivity index (χ0v) is 20.8. The topological polar surface area (TPSA) is 92.2 Å². The van der Waals surface area contributed by atoms with Crippen molar-refractivity contribution >= 4 is 74.8 Å². The van der Waals surface area contributed by atoms with Crippen molar-refractivity contribution in [3.8, 4) is 0 Å². The smallest absolute Gasteiger partial charge is 0.321 e. The van der Waals surface area contributed by atoms with Crippen molar-refractivity contribution in [2.24, 2.45) is 0 Å². The van der Waals surface area contributed by atoms with Gasteiger partial charge in [-0.25, -0.2) is 4.68 Å². The molecule has 3 amide bonds. The Hall–Kier alpha value is -3.52. The monoisotopic (exact) mass is 528 g/mol. The maximum atomic E-state index is 13.1. The summed E-state index contributed by atoms with van der Waals surface area (Å²) < 4.78 is 1.24. The van der Waals surface area contributed by atoms with Gasteiger partial charge in [-0.15, -0.1) is 0 Å². The zero-order chi connectivity index (χ0) is 25.3. The highest BCUT2D eigenvalue weighted by atomic mass is 35.5. The average molecular weight is 530 g/mol. The first kappa shape index (κ1) is 24.6. The lowest BCUT2D eigenvalue weighted by molar-refractivity contribution is -0.133. The second-order valence-corrected chi connectivity index (χ2v) is 9.15. The fourth-order valence-corrected chi connectivity index (χ4v) is 4.34. The molecule has 0 aliphatic carbocycles. The molecular weight excluding hydrogens is 511 g/mol. The molecule has 0 aliphatic heterocycles. The van der Waals surface area contributed by atoms with E-state index >= 15 is 0 Å². The van der Waals surface area contributed by atoms with Crippen molar-refractivity contribution in [2.45, 2.75) is 13.8 Å². The Bertz CT molecular complexity index is 1460. The van der Waals surface area contributed by atoms with E-state index in [0.29, 0.717) is 37.3 Å². The predicted octanol–water partition coefficient (Wildman–Crippen LogP) is 6.18. The lowest BCUT2D eigenvalue weighted by atomic mass is 10.1. The largest absolute Gasteiger partial charge is 0.328 e. The van der Waals surface area contributed by atoms with Crippen LogP contribution < -0.4 is 16.1 Å². The summed E-state index contributed by atoms with van der Waals surface area (Å²) in [5.41, 5.74) is 5.58. The Balaban J connectivity index is 1.65. The molecule has 0 radical (unpaired) electrons. The molecule has 7 nitrogen and oxygen atoms in total. The number of hydrogen-bond acceptors (Lipinski definition) is 3. The summed E-state index contributed by atoms with van der Waals surface area (Å²) in [7, 11) is 0. The molecule has 178 valence electrons. The number of carbonyl (C=O) groups is 3. The van der Waals surface area contributed by atoms with E-state index in [1.165, 1.54) is 22.9 Å². The number of para-hydroxylation sites is 1. The number of carbonyl (C=O) groups excluding carboxylic acids is 3. The lowest BCUT2D eigenvalue weighted by Crippen LogP contribution is -2.36. The van der Waals surface area contributed by atoms with Gasteiger partial charge in [0.2, 0.25) is 0 Å². The van der Waals surface area contributed by atoms with Crippen LogP contribution in [0.2, 0.25) is 15.1 Å². The first-order valence-electron chi connectivity index (χ1n) is 10.4. The highest BCUT2D eigenvalue weighted by Crippen LogP contribution is 2.26. The number of benzene rings is 3. The molecule has 1 heterocycles. The summed E-state index contributed by atoms with van der Waals surface area (Å²) in [6.45, 7) is 3.66. The number of hydrogen-bond donors (Lipinski definition) is 3. The predicted molar refractivity (Wildman–Crippen MR) is 140 cm³/mol. The minimum absolute atomic E-state index is 0.0617. The van der Waals surface area contributed by atoms with Gasteiger partial charge in [-0.05, 0) is 67.4 Å². The molecule has 35 heavy (non-hydrogen) atoms. The molecule has 0 spiro atoms. The summed E-state index contributed by atoms with van der Waals surface area (Å²) in [5, 5.41) is 7.05. The summed E-state index contributed by atoms with van der Waals surface area (Å²) in [4.78, 5) is 38.7. The molecule has 4 rings (SSSR count). The van der Waals surface area contributed by atoms with Gasteiger partial charge in [-0.1, -0.05) is 53.0 Å². The molecular formula is C25H19Cl3N4O3. The number of aromatic nitrogens is 1. The summed E-state index contributed by atoms with van der Waals surface area (Å²) in [5.74, 6) is -2.41. The molecule has 0 saturated carbocycles. The van der Waals surface area contributed by atoms with Crippen LogP contribution in [0.3, 0.4) is 0 Å². The molecule has 3 aromatic carbocycles. The molecule has 0 fully saturated rings. The van der Waals surface area contributed by atoms with E-state index in [2.05, 4.69) is 16.1 Å². The lowest BCUT2D eigenvalue weighted by Gasteiger charge is -2.14.